The first kappa shape index (κ1) is 8.51. The summed E-state index contributed by atoms with van der Waals surface area (Å²) in [6.07, 6.45) is 2.40. The van der Waals surface area contributed by atoms with Crippen molar-refractivity contribution in [3.63, 3.8) is 0 Å². The highest BCUT2D eigenvalue weighted by Crippen LogP contribution is 2.23. The van der Waals surface area contributed by atoms with E-state index < -0.39 is 0 Å². The highest BCUT2D eigenvalue weighted by Gasteiger charge is 2.17. The van der Waals surface area contributed by atoms with Crippen LogP contribution in [0.25, 0.3) is 0 Å². The SMILES string of the molecule is Cc1[nH]c(=O)ccc1[C@@H]1CCCN1. The van der Waals surface area contributed by atoms with Gasteiger partial charge < -0.3 is 10.3 Å². The van der Waals surface area contributed by atoms with Gasteiger partial charge in [0.25, 0.3) is 0 Å². The normalized spacial score (nSPS) is 22.1. The quantitative estimate of drug-likeness (QED) is 0.676. The van der Waals surface area contributed by atoms with Gasteiger partial charge in [-0.1, -0.05) is 6.07 Å². The van der Waals surface area contributed by atoms with Gasteiger partial charge in [0.05, 0.1) is 0 Å². The Labute approximate surface area is 77.2 Å². The van der Waals surface area contributed by atoms with Crippen molar-refractivity contribution in [2.75, 3.05) is 6.54 Å². The van der Waals surface area contributed by atoms with Crippen molar-refractivity contribution in [3.05, 3.63) is 33.7 Å². The van der Waals surface area contributed by atoms with E-state index in [9.17, 15) is 4.79 Å². The molecule has 0 aromatic carbocycles. The lowest BCUT2D eigenvalue weighted by atomic mass is 10.0. The van der Waals surface area contributed by atoms with Crippen molar-refractivity contribution in [1.82, 2.24) is 10.3 Å². The van der Waals surface area contributed by atoms with Crippen molar-refractivity contribution >= 4 is 0 Å². The Morgan fingerprint density at radius 3 is 2.92 bits per heavy atom. The monoisotopic (exact) mass is 178 g/mol. The summed E-state index contributed by atoms with van der Waals surface area (Å²) in [5.74, 6) is 0. The number of aromatic amines is 1. The molecule has 0 aliphatic carbocycles. The highest BCUT2D eigenvalue weighted by atomic mass is 16.1. The molecular weight excluding hydrogens is 164 g/mol. The Balaban J connectivity index is 2.34. The van der Waals surface area contributed by atoms with E-state index in [2.05, 4.69) is 10.3 Å². The molecule has 2 heterocycles. The standard InChI is InChI=1S/C10H14N2O/c1-7-8(4-5-10(13)12-7)9-3-2-6-11-9/h4-5,9,11H,2-3,6H2,1H3,(H,12,13)/t9-/m0/s1. The van der Waals surface area contributed by atoms with Gasteiger partial charge in [-0.2, -0.15) is 0 Å². The van der Waals surface area contributed by atoms with Crippen LogP contribution < -0.4 is 10.9 Å². The zero-order chi connectivity index (χ0) is 9.26. The fourth-order valence-corrected chi connectivity index (χ4v) is 1.92. The second kappa shape index (κ2) is 3.34. The molecule has 3 nitrogen and oxygen atoms in total. The summed E-state index contributed by atoms with van der Waals surface area (Å²) in [5, 5.41) is 3.41. The number of H-pyrrole nitrogens is 1. The Morgan fingerprint density at radius 1 is 1.46 bits per heavy atom. The van der Waals surface area contributed by atoms with Gasteiger partial charge in [0.2, 0.25) is 5.56 Å². The Kier molecular flexibility index (Phi) is 2.19. The van der Waals surface area contributed by atoms with Crippen LogP contribution in [0.5, 0.6) is 0 Å². The van der Waals surface area contributed by atoms with Crippen LogP contribution in [0.15, 0.2) is 16.9 Å². The molecule has 1 aromatic heterocycles. The number of aromatic nitrogens is 1. The minimum Gasteiger partial charge on any atom is -0.326 e. The molecule has 0 radical (unpaired) electrons. The molecule has 1 fully saturated rings. The molecule has 2 N–H and O–H groups in total. The molecule has 70 valence electrons. The van der Waals surface area contributed by atoms with Crippen molar-refractivity contribution in [2.45, 2.75) is 25.8 Å². The molecule has 0 bridgehead atoms. The number of hydrogen-bond donors (Lipinski definition) is 2. The van der Waals surface area contributed by atoms with Crippen LogP contribution in [0, 0.1) is 6.92 Å². The van der Waals surface area contributed by atoms with Crippen LogP contribution in [0.1, 0.15) is 30.1 Å². The number of rotatable bonds is 1. The second-order valence-corrected chi connectivity index (χ2v) is 3.55. The minimum atomic E-state index is -0.0146. The maximum Gasteiger partial charge on any atom is 0.248 e. The fourth-order valence-electron chi connectivity index (χ4n) is 1.92. The van der Waals surface area contributed by atoms with E-state index in [4.69, 9.17) is 0 Å². The zero-order valence-corrected chi connectivity index (χ0v) is 7.76. The van der Waals surface area contributed by atoms with E-state index >= 15 is 0 Å². The minimum absolute atomic E-state index is 0.0146. The first-order chi connectivity index (χ1) is 6.27. The molecule has 2 rings (SSSR count). The van der Waals surface area contributed by atoms with Crippen molar-refractivity contribution < 1.29 is 0 Å². The summed E-state index contributed by atoms with van der Waals surface area (Å²) in [5.41, 5.74) is 2.21. The van der Waals surface area contributed by atoms with Gasteiger partial charge in [0.1, 0.15) is 0 Å². The van der Waals surface area contributed by atoms with Crippen LogP contribution in [0.4, 0.5) is 0 Å². The van der Waals surface area contributed by atoms with Crippen LogP contribution in [0.2, 0.25) is 0 Å². The number of nitrogens with one attached hydrogen (secondary N) is 2. The molecule has 0 spiro atoms. The number of pyridine rings is 1. The van der Waals surface area contributed by atoms with Gasteiger partial charge >= 0.3 is 0 Å². The third kappa shape index (κ3) is 1.65. The average Bonchev–Trinajstić information content (AvgIpc) is 2.56. The molecule has 1 atom stereocenters. The van der Waals surface area contributed by atoms with Crippen LogP contribution in [-0.4, -0.2) is 11.5 Å². The predicted molar refractivity (Wildman–Crippen MR) is 51.8 cm³/mol. The molecule has 1 aromatic rings. The second-order valence-electron chi connectivity index (χ2n) is 3.55. The summed E-state index contributed by atoms with van der Waals surface area (Å²) in [6, 6.07) is 3.97. The van der Waals surface area contributed by atoms with Crippen LogP contribution in [-0.2, 0) is 0 Å². The molecule has 1 aliphatic heterocycles. The van der Waals surface area contributed by atoms with E-state index in [0.717, 1.165) is 12.2 Å². The average molecular weight is 178 g/mol. The first-order valence-electron chi connectivity index (χ1n) is 4.70. The molecule has 13 heavy (non-hydrogen) atoms. The third-order valence-electron chi connectivity index (χ3n) is 2.59. The molecule has 1 aliphatic rings. The first-order valence-corrected chi connectivity index (χ1v) is 4.70. The van der Waals surface area contributed by atoms with Gasteiger partial charge in [-0.05, 0) is 31.9 Å². The van der Waals surface area contributed by atoms with Crippen LogP contribution in [0.3, 0.4) is 0 Å². The Morgan fingerprint density at radius 2 is 2.31 bits per heavy atom. The summed E-state index contributed by atoms with van der Waals surface area (Å²) < 4.78 is 0. The summed E-state index contributed by atoms with van der Waals surface area (Å²) in [6.45, 7) is 3.04. The van der Waals surface area contributed by atoms with Gasteiger partial charge in [0.15, 0.2) is 0 Å². The summed E-state index contributed by atoms with van der Waals surface area (Å²) in [4.78, 5) is 13.8. The molecule has 3 heteroatoms. The Bertz CT molecular complexity index is 350. The van der Waals surface area contributed by atoms with E-state index in [1.165, 1.54) is 18.4 Å². The fraction of sp³-hybridized carbons (Fsp3) is 0.500. The number of aryl methyl sites for hydroxylation is 1. The molecule has 0 saturated carbocycles. The van der Waals surface area contributed by atoms with Crippen LogP contribution >= 0.6 is 0 Å². The topological polar surface area (TPSA) is 44.9 Å². The lowest BCUT2D eigenvalue weighted by Crippen LogP contribution is -2.17. The summed E-state index contributed by atoms with van der Waals surface area (Å²) >= 11 is 0. The maximum atomic E-state index is 11.0. The van der Waals surface area contributed by atoms with Gasteiger partial charge in [-0.3, -0.25) is 4.79 Å². The lowest BCUT2D eigenvalue weighted by molar-refractivity contribution is 0.639. The molecule has 0 amide bonds. The lowest BCUT2D eigenvalue weighted by Gasteiger charge is -2.12. The molecule has 1 saturated heterocycles. The van der Waals surface area contributed by atoms with E-state index in [0.29, 0.717) is 6.04 Å². The van der Waals surface area contributed by atoms with E-state index in [-0.39, 0.29) is 5.56 Å². The highest BCUT2D eigenvalue weighted by molar-refractivity contribution is 5.23. The largest absolute Gasteiger partial charge is 0.326 e. The Hall–Kier alpha value is -1.09. The van der Waals surface area contributed by atoms with Crippen molar-refractivity contribution in [2.24, 2.45) is 0 Å². The smallest absolute Gasteiger partial charge is 0.248 e. The van der Waals surface area contributed by atoms with Gasteiger partial charge in [-0.25, -0.2) is 0 Å². The molecular formula is C10H14N2O. The zero-order valence-electron chi connectivity index (χ0n) is 7.76. The van der Waals surface area contributed by atoms with Crippen molar-refractivity contribution in [1.29, 1.82) is 0 Å². The number of hydrogen-bond acceptors (Lipinski definition) is 2. The maximum absolute atomic E-state index is 11.0. The van der Waals surface area contributed by atoms with Gasteiger partial charge in [0, 0.05) is 17.8 Å². The van der Waals surface area contributed by atoms with E-state index in [1.807, 2.05) is 13.0 Å². The van der Waals surface area contributed by atoms with Gasteiger partial charge in [-0.15, -0.1) is 0 Å². The van der Waals surface area contributed by atoms with E-state index in [1.54, 1.807) is 6.07 Å². The van der Waals surface area contributed by atoms with Crippen molar-refractivity contribution in [3.8, 4) is 0 Å². The predicted octanol–water partition coefficient (Wildman–Crippen LogP) is 1.11. The molecule has 0 unspecified atom stereocenters. The summed E-state index contributed by atoms with van der Waals surface area (Å²) in [7, 11) is 0. The third-order valence-corrected chi connectivity index (χ3v) is 2.59.